The van der Waals surface area contributed by atoms with Gasteiger partial charge in [-0.3, -0.25) is 4.79 Å². The molecule has 0 aliphatic heterocycles. The smallest absolute Gasteiger partial charge is 0.254 e. The summed E-state index contributed by atoms with van der Waals surface area (Å²) in [5.74, 6) is 1.06. The third kappa shape index (κ3) is 4.82. The molecule has 1 heterocycles. The van der Waals surface area contributed by atoms with Crippen molar-refractivity contribution >= 4 is 11.9 Å². The Bertz CT molecular complexity index is 910. The lowest BCUT2D eigenvalue weighted by Crippen LogP contribution is -2.23. The Morgan fingerprint density at radius 2 is 1.63 bits per heavy atom. The molecule has 1 aromatic heterocycles. The summed E-state index contributed by atoms with van der Waals surface area (Å²) >= 11 is 0. The molecular formula is C21H22N4O2. The topological polar surface area (TPSA) is 76.1 Å². The molecule has 0 saturated carbocycles. The standard InChI is InChI=1S/C21H22N4O2/c1-15-7-3-4-8-16(15)11-22-20(26)18-13-24-21(25-14-18)23-12-17-9-5-6-10-19(17)27-2/h3-10,13-14H,11-12H2,1-2H3,(H,22,26)(H,23,24,25). The highest BCUT2D eigenvalue weighted by Crippen LogP contribution is 2.18. The molecule has 2 N–H and O–H groups in total. The number of nitrogens with one attached hydrogen (secondary N) is 2. The molecule has 6 nitrogen and oxygen atoms in total. The van der Waals surface area contributed by atoms with Gasteiger partial charge in [0.1, 0.15) is 5.75 Å². The number of amides is 1. The number of ether oxygens (including phenoxy) is 1. The summed E-state index contributed by atoms with van der Waals surface area (Å²) in [4.78, 5) is 20.7. The van der Waals surface area contributed by atoms with E-state index < -0.39 is 0 Å². The van der Waals surface area contributed by atoms with Crippen molar-refractivity contribution in [2.24, 2.45) is 0 Å². The number of benzene rings is 2. The van der Waals surface area contributed by atoms with Crippen LogP contribution >= 0.6 is 0 Å². The van der Waals surface area contributed by atoms with Gasteiger partial charge < -0.3 is 15.4 Å². The Morgan fingerprint density at radius 1 is 0.963 bits per heavy atom. The number of nitrogens with zero attached hydrogens (tertiary/aromatic N) is 2. The van der Waals surface area contributed by atoms with Gasteiger partial charge in [0.2, 0.25) is 5.95 Å². The first-order valence-electron chi connectivity index (χ1n) is 8.68. The largest absolute Gasteiger partial charge is 0.496 e. The number of aromatic nitrogens is 2. The molecule has 0 aliphatic rings. The number of carbonyl (C=O) groups is 1. The highest BCUT2D eigenvalue weighted by molar-refractivity contribution is 5.93. The molecule has 0 saturated heterocycles. The maximum absolute atomic E-state index is 12.3. The molecule has 3 rings (SSSR count). The van der Waals surface area contributed by atoms with Crippen molar-refractivity contribution < 1.29 is 9.53 Å². The number of para-hydroxylation sites is 1. The van der Waals surface area contributed by atoms with E-state index in [0.29, 0.717) is 24.6 Å². The van der Waals surface area contributed by atoms with Gasteiger partial charge in [0.15, 0.2) is 0 Å². The zero-order valence-electron chi connectivity index (χ0n) is 15.4. The first kappa shape index (κ1) is 18.4. The maximum atomic E-state index is 12.3. The van der Waals surface area contributed by atoms with E-state index in [1.165, 1.54) is 12.4 Å². The fraction of sp³-hybridized carbons (Fsp3) is 0.190. The van der Waals surface area contributed by atoms with Crippen LogP contribution in [0.2, 0.25) is 0 Å². The van der Waals surface area contributed by atoms with Crippen molar-refractivity contribution in [1.29, 1.82) is 0 Å². The second-order valence-corrected chi connectivity index (χ2v) is 6.07. The molecule has 6 heteroatoms. The number of anilines is 1. The fourth-order valence-electron chi connectivity index (χ4n) is 2.65. The van der Waals surface area contributed by atoms with Gasteiger partial charge in [-0.25, -0.2) is 9.97 Å². The lowest BCUT2D eigenvalue weighted by atomic mass is 10.1. The molecule has 27 heavy (non-hydrogen) atoms. The normalized spacial score (nSPS) is 10.3. The lowest BCUT2D eigenvalue weighted by Gasteiger charge is -2.10. The van der Waals surface area contributed by atoms with Crippen LogP contribution in [0.4, 0.5) is 5.95 Å². The minimum atomic E-state index is -0.200. The van der Waals surface area contributed by atoms with Gasteiger partial charge in [-0.1, -0.05) is 42.5 Å². The van der Waals surface area contributed by atoms with E-state index in [1.54, 1.807) is 7.11 Å². The van der Waals surface area contributed by atoms with Crippen LogP contribution in [-0.4, -0.2) is 23.0 Å². The summed E-state index contributed by atoms with van der Waals surface area (Å²) in [6, 6.07) is 15.7. The Labute approximate surface area is 158 Å². The van der Waals surface area contributed by atoms with Crippen molar-refractivity contribution in [2.75, 3.05) is 12.4 Å². The van der Waals surface area contributed by atoms with Gasteiger partial charge in [-0.05, 0) is 24.1 Å². The van der Waals surface area contributed by atoms with E-state index in [4.69, 9.17) is 4.74 Å². The average molecular weight is 362 g/mol. The number of hydrogen-bond acceptors (Lipinski definition) is 5. The Hall–Kier alpha value is -3.41. The van der Waals surface area contributed by atoms with Gasteiger partial charge in [0, 0.05) is 31.0 Å². The number of aryl methyl sites for hydroxylation is 1. The number of hydrogen-bond donors (Lipinski definition) is 2. The highest BCUT2D eigenvalue weighted by atomic mass is 16.5. The molecule has 2 aromatic carbocycles. The Balaban J connectivity index is 1.56. The second kappa shape index (κ2) is 8.80. The van der Waals surface area contributed by atoms with Crippen molar-refractivity contribution in [3.05, 3.63) is 83.2 Å². The van der Waals surface area contributed by atoms with Crippen LogP contribution in [0.15, 0.2) is 60.9 Å². The number of carbonyl (C=O) groups excluding carboxylic acids is 1. The van der Waals surface area contributed by atoms with Crippen LogP contribution in [0.5, 0.6) is 5.75 Å². The van der Waals surface area contributed by atoms with Gasteiger partial charge >= 0.3 is 0 Å². The molecule has 0 fully saturated rings. The van der Waals surface area contributed by atoms with Crippen LogP contribution in [0.1, 0.15) is 27.0 Å². The van der Waals surface area contributed by atoms with Crippen LogP contribution < -0.4 is 15.4 Å². The monoisotopic (exact) mass is 362 g/mol. The molecule has 0 atom stereocenters. The van der Waals surface area contributed by atoms with E-state index in [-0.39, 0.29) is 5.91 Å². The van der Waals surface area contributed by atoms with Crippen LogP contribution in [-0.2, 0) is 13.1 Å². The highest BCUT2D eigenvalue weighted by Gasteiger charge is 2.08. The minimum Gasteiger partial charge on any atom is -0.496 e. The molecule has 0 bridgehead atoms. The average Bonchev–Trinajstić information content (AvgIpc) is 2.72. The number of methoxy groups -OCH3 is 1. The predicted octanol–water partition coefficient (Wildman–Crippen LogP) is 3.34. The number of rotatable bonds is 7. The maximum Gasteiger partial charge on any atom is 0.254 e. The van der Waals surface area contributed by atoms with Gasteiger partial charge in [-0.15, -0.1) is 0 Å². The molecule has 0 spiro atoms. The third-order valence-electron chi connectivity index (χ3n) is 4.24. The molecule has 138 valence electrons. The summed E-state index contributed by atoms with van der Waals surface area (Å²) in [5.41, 5.74) is 3.65. The zero-order valence-corrected chi connectivity index (χ0v) is 15.4. The van der Waals surface area contributed by atoms with E-state index in [0.717, 1.165) is 22.4 Å². The molecular weight excluding hydrogens is 340 g/mol. The summed E-state index contributed by atoms with van der Waals surface area (Å²) in [5, 5.41) is 6.03. The summed E-state index contributed by atoms with van der Waals surface area (Å²) < 4.78 is 5.32. The first-order valence-corrected chi connectivity index (χ1v) is 8.68. The molecule has 1 amide bonds. The molecule has 0 radical (unpaired) electrons. The summed E-state index contributed by atoms with van der Waals surface area (Å²) in [6.45, 7) is 3.02. The van der Waals surface area contributed by atoms with Crippen LogP contribution in [0.25, 0.3) is 0 Å². The Kier molecular flexibility index (Phi) is 5.99. The molecule has 0 unspecified atom stereocenters. The van der Waals surface area contributed by atoms with Gasteiger partial charge in [-0.2, -0.15) is 0 Å². The Morgan fingerprint density at radius 3 is 2.33 bits per heavy atom. The van der Waals surface area contributed by atoms with Gasteiger partial charge in [0.25, 0.3) is 5.91 Å². The van der Waals surface area contributed by atoms with E-state index in [2.05, 4.69) is 20.6 Å². The third-order valence-corrected chi connectivity index (χ3v) is 4.24. The van der Waals surface area contributed by atoms with Crippen molar-refractivity contribution in [3.8, 4) is 5.75 Å². The van der Waals surface area contributed by atoms with Crippen LogP contribution in [0.3, 0.4) is 0 Å². The van der Waals surface area contributed by atoms with Crippen LogP contribution in [0, 0.1) is 6.92 Å². The SMILES string of the molecule is COc1ccccc1CNc1ncc(C(=O)NCc2ccccc2C)cn1. The minimum absolute atomic E-state index is 0.200. The quantitative estimate of drug-likeness (QED) is 0.674. The second-order valence-electron chi connectivity index (χ2n) is 6.07. The summed E-state index contributed by atoms with van der Waals surface area (Å²) in [6.07, 6.45) is 3.04. The van der Waals surface area contributed by atoms with E-state index in [1.807, 2.05) is 55.5 Å². The van der Waals surface area contributed by atoms with E-state index in [9.17, 15) is 4.79 Å². The van der Waals surface area contributed by atoms with Crippen molar-refractivity contribution in [3.63, 3.8) is 0 Å². The summed E-state index contributed by atoms with van der Waals surface area (Å²) in [7, 11) is 1.64. The van der Waals surface area contributed by atoms with E-state index >= 15 is 0 Å². The van der Waals surface area contributed by atoms with Crippen molar-refractivity contribution in [2.45, 2.75) is 20.0 Å². The first-order chi connectivity index (χ1) is 13.2. The van der Waals surface area contributed by atoms with Gasteiger partial charge in [0.05, 0.1) is 12.7 Å². The predicted molar refractivity (Wildman–Crippen MR) is 105 cm³/mol. The fourth-order valence-corrected chi connectivity index (χ4v) is 2.65. The molecule has 3 aromatic rings. The van der Waals surface area contributed by atoms with Crippen molar-refractivity contribution in [1.82, 2.24) is 15.3 Å². The zero-order chi connectivity index (χ0) is 19.1. The molecule has 0 aliphatic carbocycles. The lowest BCUT2D eigenvalue weighted by molar-refractivity contribution is 0.0950.